The molecular formula is C11H18N4O2. The van der Waals surface area contributed by atoms with Gasteiger partial charge in [-0.2, -0.15) is 0 Å². The van der Waals surface area contributed by atoms with E-state index >= 15 is 0 Å². The van der Waals surface area contributed by atoms with Gasteiger partial charge in [0.1, 0.15) is 5.69 Å². The van der Waals surface area contributed by atoms with E-state index in [4.69, 9.17) is 10.9 Å². The average molecular weight is 238 g/mol. The maximum Gasteiger partial charge on any atom is 0.272 e. The molecule has 17 heavy (non-hydrogen) atoms. The summed E-state index contributed by atoms with van der Waals surface area (Å²) < 4.78 is 0. The summed E-state index contributed by atoms with van der Waals surface area (Å²) in [5.41, 5.74) is 3.42. The Morgan fingerprint density at radius 1 is 1.59 bits per heavy atom. The van der Waals surface area contributed by atoms with Crippen LogP contribution in [0.4, 0.5) is 5.69 Å². The van der Waals surface area contributed by atoms with E-state index < -0.39 is 0 Å². The number of nitrogens with one attached hydrogen (secondary N) is 1. The molecule has 0 aromatic carbocycles. The van der Waals surface area contributed by atoms with E-state index in [2.05, 4.69) is 10.4 Å². The molecule has 0 aliphatic rings. The Labute approximate surface area is 100 Å². The summed E-state index contributed by atoms with van der Waals surface area (Å²) >= 11 is 0. The SMILES string of the molecule is CCCN(CCO)C(=O)c1cc(NN)ccn1. The van der Waals surface area contributed by atoms with Gasteiger partial charge in [0.15, 0.2) is 0 Å². The zero-order valence-electron chi connectivity index (χ0n) is 9.89. The maximum atomic E-state index is 12.1. The zero-order chi connectivity index (χ0) is 12.7. The molecule has 94 valence electrons. The molecule has 0 unspecified atom stereocenters. The number of nitrogens with zero attached hydrogens (tertiary/aromatic N) is 2. The molecule has 0 atom stereocenters. The molecule has 1 aromatic rings. The van der Waals surface area contributed by atoms with Crippen molar-refractivity contribution in [3.05, 3.63) is 24.0 Å². The lowest BCUT2D eigenvalue weighted by Crippen LogP contribution is -2.34. The first kappa shape index (κ1) is 13.4. The van der Waals surface area contributed by atoms with Crippen LogP contribution in [0.2, 0.25) is 0 Å². The third-order valence-electron chi connectivity index (χ3n) is 2.30. The van der Waals surface area contributed by atoms with Gasteiger partial charge in [-0.3, -0.25) is 15.6 Å². The summed E-state index contributed by atoms with van der Waals surface area (Å²) in [5.74, 6) is 5.07. The molecule has 4 N–H and O–H groups in total. The molecule has 1 aromatic heterocycles. The fourth-order valence-electron chi connectivity index (χ4n) is 1.50. The third-order valence-corrected chi connectivity index (χ3v) is 2.30. The van der Waals surface area contributed by atoms with Crippen LogP contribution in [0.25, 0.3) is 0 Å². The van der Waals surface area contributed by atoms with Crippen molar-refractivity contribution in [3.63, 3.8) is 0 Å². The van der Waals surface area contributed by atoms with Gasteiger partial charge in [0.25, 0.3) is 5.91 Å². The molecule has 1 heterocycles. The number of nitrogens with two attached hydrogens (primary N) is 1. The van der Waals surface area contributed by atoms with E-state index in [1.807, 2.05) is 6.92 Å². The van der Waals surface area contributed by atoms with Gasteiger partial charge in [-0.15, -0.1) is 0 Å². The van der Waals surface area contributed by atoms with Crippen LogP contribution in [0.5, 0.6) is 0 Å². The quantitative estimate of drug-likeness (QED) is 0.487. The molecule has 0 aliphatic carbocycles. The highest BCUT2D eigenvalue weighted by Crippen LogP contribution is 2.09. The number of hydrogen-bond acceptors (Lipinski definition) is 5. The first-order valence-corrected chi connectivity index (χ1v) is 5.55. The van der Waals surface area contributed by atoms with Crippen LogP contribution in [0.15, 0.2) is 18.3 Å². The Kier molecular flexibility index (Phi) is 5.38. The summed E-state index contributed by atoms with van der Waals surface area (Å²) in [6, 6.07) is 3.26. The number of carbonyl (C=O) groups excluding carboxylic acids is 1. The Morgan fingerprint density at radius 2 is 2.35 bits per heavy atom. The monoisotopic (exact) mass is 238 g/mol. The van der Waals surface area contributed by atoms with Crippen molar-refractivity contribution in [2.45, 2.75) is 13.3 Å². The van der Waals surface area contributed by atoms with Crippen molar-refractivity contribution >= 4 is 11.6 Å². The van der Waals surface area contributed by atoms with Gasteiger partial charge in [0, 0.05) is 19.3 Å². The number of hydrogen-bond donors (Lipinski definition) is 3. The van der Waals surface area contributed by atoms with Crippen molar-refractivity contribution in [2.24, 2.45) is 5.84 Å². The van der Waals surface area contributed by atoms with Crippen molar-refractivity contribution in [3.8, 4) is 0 Å². The highest BCUT2D eigenvalue weighted by molar-refractivity contribution is 5.93. The maximum absolute atomic E-state index is 12.1. The normalized spacial score (nSPS) is 10.1. The fourth-order valence-corrected chi connectivity index (χ4v) is 1.50. The molecular weight excluding hydrogens is 220 g/mol. The Morgan fingerprint density at radius 3 is 2.94 bits per heavy atom. The molecule has 0 saturated heterocycles. The number of aromatic nitrogens is 1. The van der Waals surface area contributed by atoms with Crippen molar-refractivity contribution in [1.82, 2.24) is 9.88 Å². The first-order chi connectivity index (χ1) is 8.22. The number of aliphatic hydroxyl groups is 1. The minimum absolute atomic E-state index is 0.0550. The number of nitrogen functional groups attached to an aromatic ring is 1. The largest absolute Gasteiger partial charge is 0.395 e. The number of carbonyl (C=O) groups is 1. The van der Waals surface area contributed by atoms with Crippen molar-refractivity contribution in [2.75, 3.05) is 25.1 Å². The van der Waals surface area contributed by atoms with Gasteiger partial charge in [-0.1, -0.05) is 6.92 Å². The predicted octanol–water partition coefficient (Wildman–Crippen LogP) is 0.212. The molecule has 6 nitrogen and oxygen atoms in total. The lowest BCUT2D eigenvalue weighted by molar-refractivity contribution is 0.0716. The molecule has 0 aliphatic heterocycles. The topological polar surface area (TPSA) is 91.5 Å². The highest BCUT2D eigenvalue weighted by Gasteiger charge is 2.15. The van der Waals surface area contributed by atoms with Gasteiger partial charge in [-0.25, -0.2) is 0 Å². The minimum atomic E-state index is -0.196. The Balaban J connectivity index is 2.84. The molecule has 0 spiro atoms. The van der Waals surface area contributed by atoms with Crippen LogP contribution >= 0.6 is 0 Å². The average Bonchev–Trinajstić information content (AvgIpc) is 2.38. The predicted molar refractivity (Wildman–Crippen MR) is 65.3 cm³/mol. The van der Waals surface area contributed by atoms with Crippen LogP contribution in [0.3, 0.4) is 0 Å². The van der Waals surface area contributed by atoms with Crippen LogP contribution in [0, 0.1) is 0 Å². The van der Waals surface area contributed by atoms with E-state index in [1.165, 1.54) is 6.20 Å². The fraction of sp³-hybridized carbons (Fsp3) is 0.455. The number of hydrazine groups is 1. The van der Waals surface area contributed by atoms with Gasteiger partial charge in [0.05, 0.1) is 12.3 Å². The molecule has 0 radical (unpaired) electrons. The molecule has 0 bridgehead atoms. The molecule has 1 amide bonds. The molecule has 0 saturated carbocycles. The molecule has 0 fully saturated rings. The number of rotatable bonds is 6. The van der Waals surface area contributed by atoms with Gasteiger partial charge in [-0.05, 0) is 18.6 Å². The summed E-state index contributed by atoms with van der Waals surface area (Å²) in [7, 11) is 0. The van der Waals surface area contributed by atoms with Gasteiger partial charge in [0.2, 0.25) is 0 Å². The molecule has 6 heteroatoms. The number of amides is 1. The van der Waals surface area contributed by atoms with Crippen LogP contribution in [-0.2, 0) is 0 Å². The minimum Gasteiger partial charge on any atom is -0.395 e. The van der Waals surface area contributed by atoms with E-state index in [-0.39, 0.29) is 12.5 Å². The van der Waals surface area contributed by atoms with Crippen molar-refractivity contribution < 1.29 is 9.90 Å². The summed E-state index contributed by atoms with van der Waals surface area (Å²) in [5, 5.41) is 8.91. The van der Waals surface area contributed by atoms with Crippen LogP contribution in [0.1, 0.15) is 23.8 Å². The third kappa shape index (κ3) is 3.69. The summed E-state index contributed by atoms with van der Waals surface area (Å²) in [6.07, 6.45) is 2.35. The lowest BCUT2D eigenvalue weighted by atomic mass is 10.2. The molecule has 1 rings (SSSR count). The van der Waals surface area contributed by atoms with Gasteiger partial charge < -0.3 is 15.4 Å². The zero-order valence-corrected chi connectivity index (χ0v) is 9.89. The van der Waals surface area contributed by atoms with Crippen LogP contribution in [-0.4, -0.2) is 40.6 Å². The van der Waals surface area contributed by atoms with E-state index in [0.717, 1.165) is 6.42 Å². The van der Waals surface area contributed by atoms with Gasteiger partial charge >= 0.3 is 0 Å². The van der Waals surface area contributed by atoms with E-state index in [0.29, 0.717) is 24.5 Å². The Bertz CT molecular complexity index is 364. The second-order valence-corrected chi connectivity index (χ2v) is 3.59. The number of aliphatic hydroxyl groups excluding tert-OH is 1. The number of anilines is 1. The number of pyridine rings is 1. The first-order valence-electron chi connectivity index (χ1n) is 5.55. The lowest BCUT2D eigenvalue weighted by Gasteiger charge is -2.20. The summed E-state index contributed by atoms with van der Waals surface area (Å²) in [4.78, 5) is 17.7. The summed E-state index contributed by atoms with van der Waals surface area (Å²) in [6.45, 7) is 2.83. The second kappa shape index (κ2) is 6.82. The smallest absolute Gasteiger partial charge is 0.272 e. The van der Waals surface area contributed by atoms with Crippen molar-refractivity contribution in [1.29, 1.82) is 0 Å². The van der Waals surface area contributed by atoms with E-state index in [9.17, 15) is 4.79 Å². The van der Waals surface area contributed by atoms with E-state index in [1.54, 1.807) is 17.0 Å². The second-order valence-electron chi connectivity index (χ2n) is 3.59. The van der Waals surface area contributed by atoms with Crippen LogP contribution < -0.4 is 11.3 Å². The standard InChI is InChI=1S/C11H18N4O2/c1-2-5-15(6-7-16)11(17)10-8-9(14-12)3-4-13-10/h3-4,8,16H,2,5-7,12H2,1H3,(H,13,14). The Hall–Kier alpha value is -1.66. The highest BCUT2D eigenvalue weighted by atomic mass is 16.3.